The number of benzene rings is 2. The van der Waals surface area contributed by atoms with Gasteiger partial charge in [-0.3, -0.25) is 9.59 Å². The number of hydrogen-bond donors (Lipinski definition) is 4. The van der Waals surface area contributed by atoms with Crippen LogP contribution in [0.1, 0.15) is 88.2 Å². The summed E-state index contributed by atoms with van der Waals surface area (Å²) in [6.45, 7) is 7.65. The standard InChI is InChI=1S/C42H48N8O6/c1-21(2)35(47-41(53)55-5)39(51)49-31-16-26(31)18-33(49)37-43-20-30(46-37)25-12-9-23(10-13-25)7-8-24-11-14-28-29(15-24)45-38(44-28)34-19-27-17-32(27)50(34)40(52)36(22(3)4)48-42(54)56-6/h9-15,20-22,26-27,31-36H,16-19H2,1-6H3,(H,43,46)(H,44,45)(H,47,53)(H,48,54)/t26-,27-,31-,32-,33+,34+,35+,36+/m1/s1. The number of carbonyl (C=O) groups is 4. The Bertz CT molecular complexity index is 2230. The number of rotatable bonds is 9. The fourth-order valence-electron chi connectivity index (χ4n) is 8.55. The molecule has 2 aromatic carbocycles. The van der Waals surface area contributed by atoms with Crippen molar-refractivity contribution in [2.75, 3.05) is 14.2 Å². The van der Waals surface area contributed by atoms with Crippen molar-refractivity contribution in [1.29, 1.82) is 0 Å². The van der Waals surface area contributed by atoms with Crippen molar-refractivity contribution in [3.63, 3.8) is 0 Å². The average Bonchev–Trinajstić information content (AvgIpc) is 3.82. The molecule has 4 aromatic rings. The van der Waals surface area contributed by atoms with Gasteiger partial charge in [-0.2, -0.15) is 0 Å². The number of hydrogen-bond acceptors (Lipinski definition) is 8. The first-order valence-electron chi connectivity index (χ1n) is 19.4. The molecule has 8 atom stereocenters. The molecule has 2 aliphatic carbocycles. The van der Waals surface area contributed by atoms with E-state index in [0.717, 1.165) is 70.7 Å². The van der Waals surface area contributed by atoms with Crippen LogP contribution >= 0.6 is 0 Å². The van der Waals surface area contributed by atoms with Gasteiger partial charge in [0.1, 0.15) is 23.7 Å². The molecule has 4 amide bonds. The lowest BCUT2D eigenvalue weighted by atomic mass is 10.0. The predicted octanol–water partition coefficient (Wildman–Crippen LogP) is 5.44. The second-order valence-electron chi connectivity index (χ2n) is 16.2. The summed E-state index contributed by atoms with van der Waals surface area (Å²) in [5.74, 6) is 8.47. The number of amides is 4. The van der Waals surface area contributed by atoms with Crippen LogP contribution in [0.4, 0.5) is 9.59 Å². The average molecular weight is 761 g/mol. The fraction of sp³-hybridized carbons (Fsp3) is 0.476. The van der Waals surface area contributed by atoms with E-state index in [1.165, 1.54) is 14.2 Å². The molecular formula is C42H48N8O6. The van der Waals surface area contributed by atoms with Gasteiger partial charge in [0.25, 0.3) is 0 Å². The molecule has 2 saturated carbocycles. The number of nitrogens with zero attached hydrogens (tertiary/aromatic N) is 4. The highest BCUT2D eigenvalue weighted by atomic mass is 16.5. The van der Waals surface area contributed by atoms with Crippen LogP contribution in [0.15, 0.2) is 48.7 Å². The summed E-state index contributed by atoms with van der Waals surface area (Å²) in [5.41, 5.74) is 5.12. The van der Waals surface area contributed by atoms with E-state index in [-0.39, 0.29) is 47.8 Å². The van der Waals surface area contributed by atoms with Gasteiger partial charge in [-0.05, 0) is 85.3 Å². The smallest absolute Gasteiger partial charge is 0.407 e. The highest BCUT2D eigenvalue weighted by molar-refractivity contribution is 5.88. The number of imidazole rings is 2. The van der Waals surface area contributed by atoms with Gasteiger partial charge in [0, 0.05) is 23.2 Å². The van der Waals surface area contributed by atoms with Crippen molar-refractivity contribution in [3.05, 3.63) is 71.4 Å². The third kappa shape index (κ3) is 7.06. The van der Waals surface area contributed by atoms with Gasteiger partial charge in [0.15, 0.2) is 0 Å². The molecule has 14 heteroatoms. The number of aromatic amines is 2. The monoisotopic (exact) mass is 760 g/mol. The quantitative estimate of drug-likeness (QED) is 0.163. The normalized spacial score (nSPS) is 24.2. The number of methoxy groups -OCH3 is 2. The molecule has 2 saturated heterocycles. The first kappa shape index (κ1) is 37.1. The molecule has 4 N–H and O–H groups in total. The van der Waals surface area contributed by atoms with Gasteiger partial charge in [-0.25, -0.2) is 19.6 Å². The van der Waals surface area contributed by atoms with Crippen molar-refractivity contribution in [1.82, 2.24) is 40.4 Å². The lowest BCUT2D eigenvalue weighted by Crippen LogP contribution is -2.52. The summed E-state index contributed by atoms with van der Waals surface area (Å²) < 4.78 is 9.57. The van der Waals surface area contributed by atoms with Gasteiger partial charge in [-0.15, -0.1) is 0 Å². The molecule has 56 heavy (non-hydrogen) atoms. The second-order valence-corrected chi connectivity index (χ2v) is 16.2. The van der Waals surface area contributed by atoms with Crippen molar-refractivity contribution in [3.8, 4) is 23.1 Å². The van der Waals surface area contributed by atoms with Gasteiger partial charge in [0.05, 0.1) is 49.2 Å². The summed E-state index contributed by atoms with van der Waals surface area (Å²) in [6.07, 6.45) is 4.17. The van der Waals surface area contributed by atoms with Crippen LogP contribution in [0.3, 0.4) is 0 Å². The van der Waals surface area contributed by atoms with E-state index in [9.17, 15) is 19.2 Å². The van der Waals surface area contributed by atoms with Crippen molar-refractivity contribution in [2.24, 2.45) is 23.7 Å². The number of alkyl carbamates (subject to hydrolysis) is 2. The number of piperidine rings is 2. The number of ether oxygens (including phenoxy) is 2. The van der Waals surface area contributed by atoms with Gasteiger partial charge >= 0.3 is 12.2 Å². The molecule has 4 fully saturated rings. The fourth-order valence-corrected chi connectivity index (χ4v) is 8.55. The Morgan fingerprint density at radius 1 is 0.732 bits per heavy atom. The molecule has 0 spiro atoms. The molecule has 4 heterocycles. The number of fused-ring (bicyclic) bond motifs is 3. The summed E-state index contributed by atoms with van der Waals surface area (Å²) in [4.78, 5) is 71.9. The minimum atomic E-state index is -0.686. The molecule has 0 unspecified atom stereocenters. The summed E-state index contributed by atoms with van der Waals surface area (Å²) in [6, 6.07) is 12.4. The maximum atomic E-state index is 13.8. The number of aromatic nitrogens is 4. The minimum Gasteiger partial charge on any atom is -0.453 e. The van der Waals surface area contributed by atoms with Crippen molar-refractivity contribution >= 4 is 35.0 Å². The molecule has 8 rings (SSSR count). The van der Waals surface area contributed by atoms with Gasteiger partial charge in [-0.1, -0.05) is 51.7 Å². The lowest BCUT2D eigenvalue weighted by molar-refractivity contribution is -0.137. The predicted molar refractivity (Wildman–Crippen MR) is 207 cm³/mol. The highest BCUT2D eigenvalue weighted by Crippen LogP contribution is 2.54. The number of nitrogens with one attached hydrogen (secondary N) is 4. The zero-order chi connectivity index (χ0) is 39.4. The Hall–Kier alpha value is -5.84. The number of carbonyl (C=O) groups excluding carboxylic acids is 4. The third-order valence-electron chi connectivity index (χ3n) is 11.8. The highest BCUT2D eigenvalue weighted by Gasteiger charge is 2.57. The molecular weight excluding hydrogens is 713 g/mol. The molecule has 2 aromatic heterocycles. The maximum Gasteiger partial charge on any atom is 0.407 e. The van der Waals surface area contributed by atoms with E-state index in [0.29, 0.717) is 11.8 Å². The number of H-pyrrole nitrogens is 2. The molecule has 2 aliphatic heterocycles. The summed E-state index contributed by atoms with van der Waals surface area (Å²) in [5, 5.41) is 5.46. The van der Waals surface area contributed by atoms with Crippen LogP contribution in [0.25, 0.3) is 22.3 Å². The number of likely N-dealkylation sites (tertiary alicyclic amines) is 2. The van der Waals surface area contributed by atoms with E-state index in [4.69, 9.17) is 19.4 Å². The van der Waals surface area contributed by atoms with Gasteiger partial charge < -0.3 is 39.9 Å². The molecule has 4 aliphatic rings. The Balaban J connectivity index is 0.944. The Labute approximate surface area is 325 Å². The molecule has 292 valence electrons. The van der Waals surface area contributed by atoms with Crippen LogP contribution in [0.5, 0.6) is 0 Å². The summed E-state index contributed by atoms with van der Waals surface area (Å²) in [7, 11) is 2.59. The van der Waals surface area contributed by atoms with Gasteiger partial charge in [0.2, 0.25) is 11.8 Å². The van der Waals surface area contributed by atoms with Crippen LogP contribution in [0.2, 0.25) is 0 Å². The van der Waals surface area contributed by atoms with E-state index >= 15 is 0 Å². The van der Waals surface area contributed by atoms with Crippen LogP contribution in [-0.4, -0.2) is 92.1 Å². The Morgan fingerprint density at radius 2 is 1.27 bits per heavy atom. The van der Waals surface area contributed by atoms with Crippen molar-refractivity contribution < 1.29 is 28.7 Å². The largest absolute Gasteiger partial charge is 0.453 e. The van der Waals surface area contributed by atoms with E-state index in [2.05, 4.69) is 32.4 Å². The molecule has 0 bridgehead atoms. The van der Waals surface area contributed by atoms with Crippen LogP contribution < -0.4 is 10.6 Å². The van der Waals surface area contributed by atoms with E-state index in [1.807, 2.05) is 80.0 Å². The zero-order valence-corrected chi connectivity index (χ0v) is 32.5. The minimum absolute atomic E-state index is 0.102. The third-order valence-corrected chi connectivity index (χ3v) is 11.8. The first-order valence-corrected chi connectivity index (χ1v) is 19.4. The van der Waals surface area contributed by atoms with Crippen LogP contribution in [-0.2, 0) is 19.1 Å². The van der Waals surface area contributed by atoms with E-state index < -0.39 is 24.3 Å². The summed E-state index contributed by atoms with van der Waals surface area (Å²) >= 11 is 0. The van der Waals surface area contributed by atoms with Crippen molar-refractivity contribution in [2.45, 2.75) is 89.6 Å². The Morgan fingerprint density at radius 3 is 1.82 bits per heavy atom. The SMILES string of the molecule is COC(=O)N[C@H](C(=O)N1[C@@H]2C[C@@H]2C[C@H]1c1ncc(-c2ccc(C#Cc3ccc4nc([C@@H]5C[C@H]6C[C@H]6N5C(=O)[C@@H](NC(=O)OC)C(C)C)[nH]c4c3)cc2)[nH]1)C(C)C. The zero-order valence-electron chi connectivity index (χ0n) is 32.5. The lowest BCUT2D eigenvalue weighted by Gasteiger charge is -2.31. The second kappa shape index (κ2) is 14.7. The molecule has 0 radical (unpaired) electrons. The van der Waals surface area contributed by atoms with E-state index in [1.54, 1.807) is 6.20 Å². The molecule has 14 nitrogen and oxygen atoms in total. The topological polar surface area (TPSA) is 175 Å². The Kier molecular flexibility index (Phi) is 9.72. The van der Waals surface area contributed by atoms with Crippen LogP contribution in [0, 0.1) is 35.5 Å². The maximum absolute atomic E-state index is 13.8. The first-order chi connectivity index (χ1) is 26.9.